The van der Waals surface area contributed by atoms with Gasteiger partial charge in [-0.2, -0.15) is 0 Å². The zero-order chi connectivity index (χ0) is 15.4. The smallest absolute Gasteiger partial charge is 0.193 e. The van der Waals surface area contributed by atoms with Crippen molar-refractivity contribution in [2.24, 2.45) is 22.2 Å². The molecule has 0 aromatic carbocycles. The van der Waals surface area contributed by atoms with E-state index < -0.39 is 0 Å². The first-order valence-electron chi connectivity index (χ1n) is 9.28. The van der Waals surface area contributed by atoms with Crippen molar-refractivity contribution in [3.63, 3.8) is 0 Å². The van der Waals surface area contributed by atoms with Crippen LogP contribution in [-0.2, 0) is 4.74 Å². The third-order valence-corrected chi connectivity index (χ3v) is 6.23. The van der Waals surface area contributed by atoms with Crippen LogP contribution in [0, 0.1) is 17.3 Å². The molecule has 0 aromatic rings. The van der Waals surface area contributed by atoms with Crippen LogP contribution in [0.25, 0.3) is 0 Å². The molecular weight excluding hydrogens is 274 g/mol. The summed E-state index contributed by atoms with van der Waals surface area (Å²) in [4.78, 5) is 6.98. The van der Waals surface area contributed by atoms with E-state index >= 15 is 0 Å². The van der Waals surface area contributed by atoms with Gasteiger partial charge in [0, 0.05) is 38.7 Å². The molecule has 0 amide bonds. The fourth-order valence-electron chi connectivity index (χ4n) is 4.50. The van der Waals surface area contributed by atoms with Gasteiger partial charge < -0.3 is 15.0 Å². The quantitative estimate of drug-likeness (QED) is 0.643. The molecule has 2 aliphatic heterocycles. The SMILES string of the molecule is CCC1CCC(CNC(=NC)N2CCC3(CCOC3)C2)CC1. The second-order valence-electron chi connectivity index (χ2n) is 7.70. The van der Waals surface area contributed by atoms with E-state index in [-0.39, 0.29) is 0 Å². The van der Waals surface area contributed by atoms with Gasteiger partial charge in [-0.25, -0.2) is 0 Å². The Labute approximate surface area is 135 Å². The second kappa shape index (κ2) is 7.20. The summed E-state index contributed by atoms with van der Waals surface area (Å²) in [6, 6.07) is 0. The van der Waals surface area contributed by atoms with Crippen molar-refractivity contribution in [3.8, 4) is 0 Å². The topological polar surface area (TPSA) is 36.9 Å². The number of nitrogens with one attached hydrogen (secondary N) is 1. The summed E-state index contributed by atoms with van der Waals surface area (Å²) in [5, 5.41) is 3.66. The van der Waals surface area contributed by atoms with Gasteiger partial charge in [-0.3, -0.25) is 4.99 Å². The van der Waals surface area contributed by atoms with E-state index in [1.807, 2.05) is 7.05 Å². The average molecular weight is 307 g/mol. The molecule has 0 aromatic heterocycles. The highest BCUT2D eigenvalue weighted by Gasteiger charge is 2.42. The Morgan fingerprint density at radius 3 is 2.64 bits per heavy atom. The van der Waals surface area contributed by atoms with E-state index in [0.29, 0.717) is 5.41 Å². The van der Waals surface area contributed by atoms with Crippen LogP contribution in [0.15, 0.2) is 4.99 Å². The molecule has 3 aliphatic rings. The van der Waals surface area contributed by atoms with E-state index in [1.165, 1.54) is 44.9 Å². The molecule has 1 unspecified atom stereocenters. The Balaban J connectivity index is 1.45. The second-order valence-corrected chi connectivity index (χ2v) is 7.70. The van der Waals surface area contributed by atoms with Crippen molar-refractivity contribution >= 4 is 5.96 Å². The molecule has 126 valence electrons. The largest absolute Gasteiger partial charge is 0.381 e. The molecule has 1 saturated carbocycles. The Kier molecular flexibility index (Phi) is 5.27. The van der Waals surface area contributed by atoms with Crippen LogP contribution in [0.2, 0.25) is 0 Å². The number of ether oxygens (including phenoxy) is 1. The number of likely N-dealkylation sites (tertiary alicyclic amines) is 1. The first kappa shape index (κ1) is 16.1. The lowest BCUT2D eigenvalue weighted by atomic mass is 9.81. The number of nitrogens with zero attached hydrogens (tertiary/aromatic N) is 2. The van der Waals surface area contributed by atoms with Crippen LogP contribution < -0.4 is 5.32 Å². The number of rotatable bonds is 3. The lowest BCUT2D eigenvalue weighted by Gasteiger charge is -2.30. The maximum Gasteiger partial charge on any atom is 0.193 e. The molecule has 0 bridgehead atoms. The molecule has 3 fully saturated rings. The van der Waals surface area contributed by atoms with Gasteiger partial charge in [0.15, 0.2) is 5.96 Å². The lowest BCUT2D eigenvalue weighted by molar-refractivity contribution is 0.156. The first-order valence-corrected chi connectivity index (χ1v) is 9.28. The summed E-state index contributed by atoms with van der Waals surface area (Å²) < 4.78 is 5.63. The first-order chi connectivity index (χ1) is 10.7. The third kappa shape index (κ3) is 3.58. The summed E-state index contributed by atoms with van der Waals surface area (Å²) >= 11 is 0. The minimum Gasteiger partial charge on any atom is -0.381 e. The van der Waals surface area contributed by atoms with E-state index in [9.17, 15) is 0 Å². The summed E-state index contributed by atoms with van der Waals surface area (Å²) in [6.45, 7) is 7.58. The molecule has 1 spiro atoms. The molecule has 22 heavy (non-hydrogen) atoms. The van der Waals surface area contributed by atoms with Crippen molar-refractivity contribution in [3.05, 3.63) is 0 Å². The zero-order valence-electron chi connectivity index (χ0n) is 14.4. The molecule has 4 nitrogen and oxygen atoms in total. The molecule has 2 saturated heterocycles. The van der Waals surface area contributed by atoms with Crippen LogP contribution in [-0.4, -0.2) is 50.8 Å². The Bertz CT molecular complexity index is 382. The Hall–Kier alpha value is -0.770. The molecule has 1 N–H and O–H groups in total. The number of guanidine groups is 1. The summed E-state index contributed by atoms with van der Waals surface area (Å²) in [6.07, 6.45) is 9.47. The van der Waals surface area contributed by atoms with E-state index in [0.717, 1.165) is 50.6 Å². The van der Waals surface area contributed by atoms with E-state index in [4.69, 9.17) is 4.74 Å². The lowest BCUT2D eigenvalue weighted by Crippen LogP contribution is -2.43. The van der Waals surface area contributed by atoms with E-state index in [1.54, 1.807) is 0 Å². The monoisotopic (exact) mass is 307 g/mol. The molecule has 1 atom stereocenters. The number of hydrogen-bond acceptors (Lipinski definition) is 2. The van der Waals surface area contributed by atoms with Crippen molar-refractivity contribution < 1.29 is 4.74 Å². The van der Waals surface area contributed by atoms with Gasteiger partial charge in [0.25, 0.3) is 0 Å². The highest BCUT2D eigenvalue weighted by Crippen LogP contribution is 2.38. The van der Waals surface area contributed by atoms with Gasteiger partial charge in [-0.15, -0.1) is 0 Å². The highest BCUT2D eigenvalue weighted by atomic mass is 16.5. The number of hydrogen-bond donors (Lipinski definition) is 1. The minimum absolute atomic E-state index is 0.413. The maximum absolute atomic E-state index is 5.63. The van der Waals surface area contributed by atoms with Gasteiger partial charge in [0.1, 0.15) is 0 Å². The Morgan fingerprint density at radius 1 is 1.23 bits per heavy atom. The van der Waals surface area contributed by atoms with Crippen molar-refractivity contribution in [2.75, 3.05) is 39.9 Å². The van der Waals surface area contributed by atoms with Crippen LogP contribution in [0.4, 0.5) is 0 Å². The molecular formula is C18H33N3O. The van der Waals surface area contributed by atoms with Crippen molar-refractivity contribution in [1.29, 1.82) is 0 Å². The third-order valence-electron chi connectivity index (χ3n) is 6.23. The van der Waals surface area contributed by atoms with Gasteiger partial charge in [0.05, 0.1) is 6.61 Å². The molecule has 0 radical (unpaired) electrons. The molecule has 1 aliphatic carbocycles. The molecule has 3 rings (SSSR count). The average Bonchev–Trinajstić information content (AvgIpc) is 3.19. The predicted molar refractivity (Wildman–Crippen MR) is 91.2 cm³/mol. The summed E-state index contributed by atoms with van der Waals surface area (Å²) in [7, 11) is 1.92. The van der Waals surface area contributed by atoms with Crippen molar-refractivity contribution in [2.45, 2.75) is 51.9 Å². The molecule has 4 heteroatoms. The van der Waals surface area contributed by atoms with Gasteiger partial charge in [-0.1, -0.05) is 26.2 Å². The maximum atomic E-state index is 5.63. The minimum atomic E-state index is 0.413. The zero-order valence-corrected chi connectivity index (χ0v) is 14.4. The summed E-state index contributed by atoms with van der Waals surface area (Å²) in [5.41, 5.74) is 0.413. The van der Waals surface area contributed by atoms with Crippen LogP contribution in [0.5, 0.6) is 0 Å². The van der Waals surface area contributed by atoms with Crippen LogP contribution in [0.3, 0.4) is 0 Å². The Morgan fingerprint density at radius 2 is 2.00 bits per heavy atom. The number of aliphatic imine (C=N–C) groups is 1. The highest BCUT2D eigenvalue weighted by molar-refractivity contribution is 5.80. The van der Waals surface area contributed by atoms with Crippen LogP contribution in [0.1, 0.15) is 51.9 Å². The van der Waals surface area contributed by atoms with E-state index in [2.05, 4.69) is 22.1 Å². The normalized spacial score (nSPS) is 36.3. The van der Waals surface area contributed by atoms with Crippen molar-refractivity contribution in [1.82, 2.24) is 10.2 Å². The van der Waals surface area contributed by atoms with Gasteiger partial charge in [-0.05, 0) is 37.5 Å². The fourth-order valence-corrected chi connectivity index (χ4v) is 4.50. The molecule has 2 heterocycles. The van der Waals surface area contributed by atoms with Crippen LogP contribution >= 0.6 is 0 Å². The predicted octanol–water partition coefficient (Wildman–Crippen LogP) is 2.89. The summed E-state index contributed by atoms with van der Waals surface area (Å²) in [5.74, 6) is 2.93. The standard InChI is InChI=1S/C18H33N3O/c1-3-15-4-6-16(7-5-15)12-20-17(19-2)21-10-8-18(13-21)9-11-22-14-18/h15-16H,3-14H2,1-2H3,(H,19,20). The fraction of sp³-hybridized carbons (Fsp3) is 0.944. The van der Waals surface area contributed by atoms with Gasteiger partial charge >= 0.3 is 0 Å². The van der Waals surface area contributed by atoms with Gasteiger partial charge in [0.2, 0.25) is 0 Å².